The molecule has 0 radical (unpaired) electrons. The third-order valence-corrected chi connectivity index (χ3v) is 3.91. The minimum Gasteiger partial charge on any atom is -0.497 e. The minimum atomic E-state index is -0.441. The van der Waals surface area contributed by atoms with Crippen molar-refractivity contribution in [3.05, 3.63) is 54.1 Å². The summed E-state index contributed by atoms with van der Waals surface area (Å²) in [5.74, 6) is 1.16. The molecule has 2 rings (SSSR count). The van der Waals surface area contributed by atoms with E-state index in [1.165, 1.54) is 0 Å². The van der Waals surface area contributed by atoms with Gasteiger partial charge in [-0.05, 0) is 41.2 Å². The van der Waals surface area contributed by atoms with E-state index in [2.05, 4.69) is 31.3 Å². The molecule has 0 aliphatic carbocycles. The highest BCUT2D eigenvalue weighted by molar-refractivity contribution is 5.81. The van der Waals surface area contributed by atoms with Crippen LogP contribution in [-0.2, 0) is 11.3 Å². The van der Waals surface area contributed by atoms with Crippen LogP contribution in [0.1, 0.15) is 25.8 Å². The monoisotopic (exact) mass is 326 g/mol. The first-order valence-corrected chi connectivity index (χ1v) is 8.26. The number of methoxy groups -OCH3 is 1. The third-order valence-electron chi connectivity index (χ3n) is 3.91. The van der Waals surface area contributed by atoms with Gasteiger partial charge in [0.15, 0.2) is 0 Å². The van der Waals surface area contributed by atoms with E-state index in [4.69, 9.17) is 10.5 Å². The zero-order chi connectivity index (χ0) is 17.5. The summed E-state index contributed by atoms with van der Waals surface area (Å²) in [5, 5.41) is 2.90. The Hall–Kier alpha value is -2.33. The van der Waals surface area contributed by atoms with Gasteiger partial charge in [-0.25, -0.2) is 0 Å². The number of ether oxygens (including phenoxy) is 1. The van der Waals surface area contributed by atoms with E-state index in [0.717, 1.165) is 22.4 Å². The van der Waals surface area contributed by atoms with Crippen molar-refractivity contribution in [2.24, 2.45) is 11.7 Å². The lowest BCUT2D eigenvalue weighted by Gasteiger charge is -2.14. The summed E-state index contributed by atoms with van der Waals surface area (Å²) in [5.41, 5.74) is 9.20. The first kappa shape index (κ1) is 18.0. The molecule has 0 fully saturated rings. The SMILES string of the molecule is COc1ccc(-c2ccc(CNC(=O)[C@@H](N)CC(C)C)cc2)cc1. The summed E-state index contributed by atoms with van der Waals surface area (Å²) in [7, 11) is 1.66. The van der Waals surface area contributed by atoms with E-state index in [1.807, 2.05) is 36.4 Å². The quantitative estimate of drug-likeness (QED) is 0.820. The van der Waals surface area contributed by atoms with E-state index >= 15 is 0 Å². The molecule has 1 amide bonds. The molecule has 4 heteroatoms. The Balaban J connectivity index is 1.93. The molecule has 1 atom stereocenters. The van der Waals surface area contributed by atoms with Gasteiger partial charge in [0, 0.05) is 6.54 Å². The third kappa shape index (κ3) is 5.10. The second kappa shape index (κ2) is 8.50. The van der Waals surface area contributed by atoms with Crippen molar-refractivity contribution in [2.45, 2.75) is 32.9 Å². The van der Waals surface area contributed by atoms with Crippen molar-refractivity contribution < 1.29 is 9.53 Å². The van der Waals surface area contributed by atoms with Crippen molar-refractivity contribution >= 4 is 5.91 Å². The molecular formula is C20H26N2O2. The number of hydrogen-bond donors (Lipinski definition) is 2. The Bertz CT molecular complexity index is 648. The molecule has 0 aliphatic heterocycles. The fourth-order valence-electron chi connectivity index (χ4n) is 2.53. The molecule has 0 bridgehead atoms. The standard InChI is InChI=1S/C20H26N2O2/c1-14(2)12-19(21)20(23)22-13-15-4-6-16(7-5-15)17-8-10-18(24-3)11-9-17/h4-11,14,19H,12-13,21H2,1-3H3,(H,22,23)/t19-/m0/s1. The van der Waals surface area contributed by atoms with Crippen LogP contribution in [0.3, 0.4) is 0 Å². The van der Waals surface area contributed by atoms with E-state index < -0.39 is 6.04 Å². The first-order valence-electron chi connectivity index (χ1n) is 8.26. The summed E-state index contributed by atoms with van der Waals surface area (Å²) in [4.78, 5) is 12.0. The topological polar surface area (TPSA) is 64.3 Å². The Morgan fingerprint density at radius 2 is 1.58 bits per heavy atom. The van der Waals surface area contributed by atoms with Crippen molar-refractivity contribution in [2.75, 3.05) is 7.11 Å². The van der Waals surface area contributed by atoms with Gasteiger partial charge in [-0.15, -0.1) is 0 Å². The second-order valence-electron chi connectivity index (χ2n) is 6.38. The van der Waals surface area contributed by atoms with Crippen LogP contribution in [0.25, 0.3) is 11.1 Å². The van der Waals surface area contributed by atoms with Crippen LogP contribution in [0.15, 0.2) is 48.5 Å². The zero-order valence-electron chi connectivity index (χ0n) is 14.6. The molecule has 4 nitrogen and oxygen atoms in total. The van der Waals surface area contributed by atoms with Gasteiger partial charge in [-0.2, -0.15) is 0 Å². The largest absolute Gasteiger partial charge is 0.497 e. The van der Waals surface area contributed by atoms with Gasteiger partial charge >= 0.3 is 0 Å². The number of carbonyl (C=O) groups is 1. The maximum absolute atomic E-state index is 12.0. The normalized spacial score (nSPS) is 12.0. The van der Waals surface area contributed by atoms with E-state index in [-0.39, 0.29) is 5.91 Å². The van der Waals surface area contributed by atoms with E-state index in [0.29, 0.717) is 18.9 Å². The molecule has 3 N–H and O–H groups in total. The lowest BCUT2D eigenvalue weighted by Crippen LogP contribution is -2.40. The van der Waals surface area contributed by atoms with Crippen LogP contribution in [0.2, 0.25) is 0 Å². The zero-order valence-corrected chi connectivity index (χ0v) is 14.6. The van der Waals surface area contributed by atoms with Crippen molar-refractivity contribution in [3.8, 4) is 16.9 Å². The van der Waals surface area contributed by atoms with Gasteiger partial charge in [-0.1, -0.05) is 50.2 Å². The number of nitrogens with one attached hydrogen (secondary N) is 1. The van der Waals surface area contributed by atoms with Crippen LogP contribution in [0.4, 0.5) is 0 Å². The molecule has 2 aromatic carbocycles. The van der Waals surface area contributed by atoms with Crippen LogP contribution in [0, 0.1) is 5.92 Å². The van der Waals surface area contributed by atoms with Gasteiger partial charge in [0.05, 0.1) is 13.2 Å². The molecular weight excluding hydrogens is 300 g/mol. The van der Waals surface area contributed by atoms with Crippen molar-refractivity contribution in [1.82, 2.24) is 5.32 Å². The Kier molecular flexibility index (Phi) is 6.38. The molecule has 0 heterocycles. The second-order valence-corrected chi connectivity index (χ2v) is 6.38. The molecule has 0 aromatic heterocycles. The number of rotatable bonds is 7. The summed E-state index contributed by atoms with van der Waals surface area (Å²) in [6, 6.07) is 15.7. The van der Waals surface area contributed by atoms with Gasteiger partial charge in [-0.3, -0.25) is 4.79 Å². The minimum absolute atomic E-state index is 0.0945. The predicted octanol–water partition coefficient (Wildman–Crippen LogP) is 3.35. The van der Waals surface area contributed by atoms with Gasteiger partial charge in [0.1, 0.15) is 5.75 Å². The van der Waals surface area contributed by atoms with Gasteiger partial charge in [0.2, 0.25) is 5.91 Å². The van der Waals surface area contributed by atoms with E-state index in [1.54, 1.807) is 7.11 Å². The maximum Gasteiger partial charge on any atom is 0.237 e. The van der Waals surface area contributed by atoms with Crippen molar-refractivity contribution in [3.63, 3.8) is 0 Å². The summed E-state index contributed by atoms with van der Waals surface area (Å²) < 4.78 is 5.17. The number of carbonyl (C=O) groups excluding carboxylic acids is 1. The highest BCUT2D eigenvalue weighted by atomic mass is 16.5. The molecule has 2 aromatic rings. The molecule has 24 heavy (non-hydrogen) atoms. The van der Waals surface area contributed by atoms with Gasteiger partial charge < -0.3 is 15.8 Å². The molecule has 0 saturated heterocycles. The number of nitrogens with two attached hydrogens (primary N) is 1. The van der Waals surface area contributed by atoms with Gasteiger partial charge in [0.25, 0.3) is 0 Å². The highest BCUT2D eigenvalue weighted by Gasteiger charge is 2.14. The Morgan fingerprint density at radius 3 is 2.08 bits per heavy atom. The van der Waals surface area contributed by atoms with Crippen LogP contribution >= 0.6 is 0 Å². The van der Waals surface area contributed by atoms with E-state index in [9.17, 15) is 4.79 Å². The number of benzene rings is 2. The molecule has 0 aliphatic rings. The summed E-state index contributed by atoms with van der Waals surface area (Å²) >= 11 is 0. The smallest absolute Gasteiger partial charge is 0.237 e. The fraction of sp³-hybridized carbons (Fsp3) is 0.350. The number of hydrogen-bond acceptors (Lipinski definition) is 3. The van der Waals surface area contributed by atoms with Crippen LogP contribution in [-0.4, -0.2) is 19.1 Å². The highest BCUT2D eigenvalue weighted by Crippen LogP contribution is 2.22. The summed E-state index contributed by atoms with van der Waals surface area (Å²) in [6.07, 6.45) is 0.697. The number of amides is 1. The average Bonchev–Trinajstić information content (AvgIpc) is 2.59. The average molecular weight is 326 g/mol. The molecule has 0 unspecified atom stereocenters. The molecule has 0 spiro atoms. The predicted molar refractivity (Wildman–Crippen MR) is 97.7 cm³/mol. The lowest BCUT2D eigenvalue weighted by molar-refractivity contribution is -0.122. The van der Waals surface area contributed by atoms with Crippen molar-refractivity contribution in [1.29, 1.82) is 0 Å². The lowest BCUT2D eigenvalue weighted by atomic mass is 10.0. The van der Waals surface area contributed by atoms with Crippen LogP contribution < -0.4 is 15.8 Å². The Morgan fingerprint density at radius 1 is 1.04 bits per heavy atom. The fourth-order valence-corrected chi connectivity index (χ4v) is 2.53. The van der Waals surface area contributed by atoms with Crippen LogP contribution in [0.5, 0.6) is 5.75 Å². The first-order chi connectivity index (χ1) is 11.5. The maximum atomic E-state index is 12.0. The molecule has 0 saturated carbocycles. The summed E-state index contributed by atoms with van der Waals surface area (Å²) in [6.45, 7) is 4.61. The molecule has 128 valence electrons. The Labute approximate surface area is 144 Å².